The van der Waals surface area contributed by atoms with E-state index in [0.29, 0.717) is 34.3 Å². The quantitative estimate of drug-likeness (QED) is 0.132. The van der Waals surface area contributed by atoms with Crippen molar-refractivity contribution in [2.75, 3.05) is 18.1 Å². The molecular weight excluding hydrogens is 736 g/mol. The van der Waals surface area contributed by atoms with Crippen molar-refractivity contribution < 1.29 is 29.0 Å². The number of aliphatic hydroxyl groups is 1. The number of aryl methyl sites for hydroxylation is 2. The SMILES string of the molecule is Cc1c(-c2cc(N3C(=O)[C@@H]4C[C@@H]5C(=CC[C@@H]6C(=O)N(Cc7ccccc7)C(=O)[C@@H]65)[C@H](c5ccccc5OCCO)[C@]4(C)C3=O)n(C)n2)sc2ccc(Cl)cc12. The normalized spacial score (nSPS) is 26.1. The number of rotatable bonds is 8. The predicted octanol–water partition coefficient (Wildman–Crippen LogP) is 7.07. The van der Waals surface area contributed by atoms with Gasteiger partial charge in [-0.25, -0.2) is 4.90 Å². The number of imide groups is 2. The van der Waals surface area contributed by atoms with E-state index in [-0.39, 0.29) is 49.8 Å². The number of allylic oxidation sites excluding steroid dienone is 2. The van der Waals surface area contributed by atoms with Crippen LogP contribution in [0.2, 0.25) is 5.02 Å². The molecule has 1 N–H and O–H groups in total. The summed E-state index contributed by atoms with van der Waals surface area (Å²) < 4.78 is 8.71. The molecule has 6 atom stereocenters. The number of carbonyl (C=O) groups excluding carboxylic acids is 4. The van der Waals surface area contributed by atoms with Gasteiger partial charge in [0.05, 0.1) is 41.2 Å². The number of aromatic nitrogens is 2. The molecule has 2 aliphatic carbocycles. The Morgan fingerprint density at radius 2 is 1.73 bits per heavy atom. The van der Waals surface area contributed by atoms with Gasteiger partial charge in [0.25, 0.3) is 0 Å². The number of hydrogen-bond donors (Lipinski definition) is 1. The Bertz CT molecular complexity index is 2460. The van der Waals surface area contributed by atoms with Gasteiger partial charge in [-0.15, -0.1) is 11.3 Å². The third kappa shape index (κ3) is 5.34. The maximum absolute atomic E-state index is 15.2. The minimum Gasteiger partial charge on any atom is -0.491 e. The average molecular weight is 775 g/mol. The van der Waals surface area contributed by atoms with Crippen LogP contribution in [-0.4, -0.2) is 56.6 Å². The molecule has 4 heterocycles. The second kappa shape index (κ2) is 13.3. The molecule has 5 aromatic rings. The number of nitrogens with zero attached hydrogens (tertiary/aromatic N) is 4. The summed E-state index contributed by atoms with van der Waals surface area (Å²) in [6, 6.07) is 24.4. The van der Waals surface area contributed by atoms with Gasteiger partial charge < -0.3 is 9.84 Å². The summed E-state index contributed by atoms with van der Waals surface area (Å²) in [7, 11) is 1.73. The summed E-state index contributed by atoms with van der Waals surface area (Å²) in [6.07, 6.45) is 2.62. The Labute approximate surface area is 326 Å². The Kier molecular flexibility index (Phi) is 8.60. The maximum atomic E-state index is 15.2. The van der Waals surface area contributed by atoms with Gasteiger partial charge in [-0.05, 0) is 73.4 Å². The summed E-state index contributed by atoms with van der Waals surface area (Å²) >= 11 is 7.90. The zero-order valence-electron chi connectivity index (χ0n) is 30.6. The van der Waals surface area contributed by atoms with Crippen LogP contribution in [0.4, 0.5) is 5.82 Å². The molecule has 9 rings (SSSR count). The van der Waals surface area contributed by atoms with Gasteiger partial charge in [-0.2, -0.15) is 5.10 Å². The average Bonchev–Trinajstić information content (AvgIpc) is 3.85. The van der Waals surface area contributed by atoms with E-state index in [9.17, 15) is 19.5 Å². The van der Waals surface area contributed by atoms with E-state index in [1.807, 2.05) is 86.7 Å². The third-order valence-corrected chi connectivity index (χ3v) is 13.9. The first-order chi connectivity index (χ1) is 26.5. The van der Waals surface area contributed by atoms with Crippen molar-refractivity contribution in [3.63, 3.8) is 0 Å². The number of fused-ring (bicyclic) bond motifs is 5. The number of para-hydroxylation sites is 1. The number of amides is 4. The van der Waals surface area contributed by atoms with Crippen LogP contribution in [-0.2, 0) is 32.8 Å². The van der Waals surface area contributed by atoms with Crippen molar-refractivity contribution in [3.8, 4) is 16.3 Å². The molecule has 0 radical (unpaired) electrons. The standard InChI is InChI=1S/C43H39ClN4O6S/c1-23-29-19-25(44)13-16-34(29)55-38(23)32-21-35(46(3)45-32)48-40(51)31-20-30-26(37(43(31,2)42(48)53)27-11-7-8-12-33(27)54-18-17-49)14-15-28-36(30)41(52)47(39(28)50)22-24-9-5-4-6-10-24/h4-14,16,19,21,28,30-31,36-37,49H,15,17-18,20,22H2,1-3H3/t28-,30+,31-,36-,37+,43+/m0/s1. The van der Waals surface area contributed by atoms with Crippen LogP contribution in [0.5, 0.6) is 5.75 Å². The van der Waals surface area contributed by atoms with Gasteiger partial charge in [0.2, 0.25) is 23.6 Å². The Balaban J connectivity index is 1.15. The lowest BCUT2D eigenvalue weighted by molar-refractivity contribution is -0.141. The van der Waals surface area contributed by atoms with Crippen molar-refractivity contribution in [1.29, 1.82) is 0 Å². The molecule has 0 bridgehead atoms. The molecule has 3 aromatic carbocycles. The highest BCUT2D eigenvalue weighted by Crippen LogP contribution is 2.64. The highest BCUT2D eigenvalue weighted by atomic mass is 35.5. The van der Waals surface area contributed by atoms with Crippen molar-refractivity contribution in [3.05, 3.63) is 112 Å². The fraction of sp³-hybridized carbons (Fsp3) is 0.326. The van der Waals surface area contributed by atoms with Gasteiger partial charge in [0.15, 0.2) is 0 Å². The van der Waals surface area contributed by atoms with Crippen molar-refractivity contribution >= 4 is 62.5 Å². The van der Waals surface area contributed by atoms with E-state index in [1.165, 1.54) is 9.80 Å². The van der Waals surface area contributed by atoms with E-state index in [1.54, 1.807) is 35.2 Å². The molecule has 10 nitrogen and oxygen atoms in total. The number of halogens is 1. The smallest absolute Gasteiger partial charge is 0.242 e. The summed E-state index contributed by atoms with van der Waals surface area (Å²) in [5.41, 5.74) is 2.81. The monoisotopic (exact) mass is 774 g/mol. The Morgan fingerprint density at radius 3 is 2.51 bits per heavy atom. The van der Waals surface area contributed by atoms with E-state index in [4.69, 9.17) is 21.4 Å². The molecule has 0 spiro atoms. The molecule has 4 amide bonds. The minimum atomic E-state index is -1.27. The summed E-state index contributed by atoms with van der Waals surface area (Å²) in [5.74, 6) is -3.47. The first-order valence-electron chi connectivity index (χ1n) is 18.6. The fourth-order valence-electron chi connectivity index (χ4n) is 9.79. The Hall–Kier alpha value is -5.10. The highest BCUT2D eigenvalue weighted by Gasteiger charge is 2.68. The van der Waals surface area contributed by atoms with E-state index in [2.05, 4.69) is 0 Å². The number of anilines is 1. The molecule has 2 aliphatic heterocycles. The van der Waals surface area contributed by atoms with Gasteiger partial charge in [-0.3, -0.25) is 28.8 Å². The van der Waals surface area contributed by atoms with Gasteiger partial charge in [-0.1, -0.05) is 71.8 Å². The molecule has 3 fully saturated rings. The topological polar surface area (TPSA) is 122 Å². The second-order valence-electron chi connectivity index (χ2n) is 15.2. The largest absolute Gasteiger partial charge is 0.491 e. The van der Waals surface area contributed by atoms with Gasteiger partial charge in [0.1, 0.15) is 23.9 Å². The maximum Gasteiger partial charge on any atom is 0.242 e. The van der Waals surface area contributed by atoms with E-state index in [0.717, 1.165) is 31.7 Å². The van der Waals surface area contributed by atoms with Crippen molar-refractivity contribution in [2.45, 2.75) is 39.2 Å². The molecular formula is C43H39ClN4O6S. The zero-order valence-corrected chi connectivity index (χ0v) is 32.1. The number of hydrogen-bond acceptors (Lipinski definition) is 8. The molecule has 1 saturated carbocycles. The van der Waals surface area contributed by atoms with Crippen LogP contribution in [0.3, 0.4) is 0 Å². The number of carbonyl (C=O) groups is 4. The van der Waals surface area contributed by atoms with Crippen LogP contribution >= 0.6 is 22.9 Å². The van der Waals surface area contributed by atoms with Crippen LogP contribution < -0.4 is 9.64 Å². The summed E-state index contributed by atoms with van der Waals surface area (Å²) in [6.45, 7) is 3.88. The predicted molar refractivity (Wildman–Crippen MR) is 209 cm³/mol. The lowest BCUT2D eigenvalue weighted by Crippen LogP contribution is -2.49. The first kappa shape index (κ1) is 35.6. The molecule has 0 unspecified atom stereocenters. The van der Waals surface area contributed by atoms with Gasteiger partial charge in [0, 0.05) is 34.3 Å². The van der Waals surface area contributed by atoms with Crippen LogP contribution in [0.25, 0.3) is 20.7 Å². The summed E-state index contributed by atoms with van der Waals surface area (Å²) in [4.78, 5) is 62.1. The van der Waals surface area contributed by atoms with Crippen LogP contribution in [0, 0.1) is 36.0 Å². The van der Waals surface area contributed by atoms with E-state index >= 15 is 4.79 Å². The lowest BCUT2D eigenvalue weighted by atomic mass is 9.51. The van der Waals surface area contributed by atoms with Crippen molar-refractivity contribution in [1.82, 2.24) is 14.7 Å². The fourth-order valence-corrected chi connectivity index (χ4v) is 11.1. The number of thiophene rings is 1. The minimum absolute atomic E-state index is 0.0403. The lowest BCUT2D eigenvalue weighted by Gasteiger charge is -2.49. The summed E-state index contributed by atoms with van der Waals surface area (Å²) in [5, 5.41) is 16.2. The Morgan fingerprint density at radius 1 is 0.964 bits per heavy atom. The molecule has 2 saturated heterocycles. The van der Waals surface area contributed by atoms with Crippen LogP contribution in [0.1, 0.15) is 42.4 Å². The highest BCUT2D eigenvalue weighted by molar-refractivity contribution is 7.22. The molecule has 2 aromatic heterocycles. The number of ether oxygens (including phenoxy) is 1. The first-order valence-corrected chi connectivity index (χ1v) is 19.8. The molecule has 4 aliphatic rings. The third-order valence-electron chi connectivity index (χ3n) is 12.3. The van der Waals surface area contributed by atoms with Crippen LogP contribution in [0.15, 0.2) is 90.5 Å². The van der Waals surface area contributed by atoms with E-state index < -0.39 is 35.0 Å². The number of likely N-dealkylation sites (tertiary alicyclic amines) is 1. The zero-order chi connectivity index (χ0) is 38.3. The van der Waals surface area contributed by atoms with Gasteiger partial charge >= 0.3 is 0 Å². The molecule has 12 heteroatoms. The number of aliphatic hydroxyl groups excluding tert-OH is 1. The number of benzene rings is 3. The molecule has 280 valence electrons. The van der Waals surface area contributed by atoms with Crippen molar-refractivity contribution in [2.24, 2.45) is 36.1 Å². The molecule has 55 heavy (non-hydrogen) atoms. The second-order valence-corrected chi connectivity index (χ2v) is 16.7.